The van der Waals surface area contributed by atoms with E-state index in [1.165, 1.54) is 18.3 Å². The molecule has 1 heterocycles. The number of hydrogen-bond donors (Lipinski definition) is 2. The molecule has 0 amide bonds. The van der Waals surface area contributed by atoms with Crippen LogP contribution in [0, 0.1) is 5.82 Å². The van der Waals surface area contributed by atoms with E-state index < -0.39 is 0 Å². The second-order valence-electron chi connectivity index (χ2n) is 4.60. The Bertz CT molecular complexity index is 642. The van der Waals surface area contributed by atoms with E-state index in [1.54, 1.807) is 6.07 Å². The summed E-state index contributed by atoms with van der Waals surface area (Å²) in [4.78, 5) is 18.3. The molecule has 2 N–H and O–H groups in total. The Balaban J connectivity index is 2.27. The Morgan fingerprint density at radius 2 is 2.20 bits per heavy atom. The summed E-state index contributed by atoms with van der Waals surface area (Å²) >= 11 is 1.13. The van der Waals surface area contributed by atoms with Gasteiger partial charge < -0.3 is 10.3 Å². The van der Waals surface area contributed by atoms with Crippen molar-refractivity contribution in [2.75, 3.05) is 0 Å². The molecular formula is C14H16FN3OS. The van der Waals surface area contributed by atoms with Crippen molar-refractivity contribution in [1.29, 1.82) is 0 Å². The SMILES string of the molecule is CC(C)NCc1cccc(F)c1Sc1nccc(=O)[nH]1. The molecule has 0 saturated heterocycles. The highest BCUT2D eigenvalue weighted by Gasteiger charge is 2.11. The van der Waals surface area contributed by atoms with Crippen LogP contribution >= 0.6 is 11.8 Å². The van der Waals surface area contributed by atoms with E-state index in [1.807, 2.05) is 19.9 Å². The first kappa shape index (κ1) is 14.7. The highest BCUT2D eigenvalue weighted by molar-refractivity contribution is 7.99. The third kappa shape index (κ3) is 3.91. The molecule has 0 aliphatic carbocycles. The maximum atomic E-state index is 14.0. The van der Waals surface area contributed by atoms with Crippen molar-refractivity contribution in [3.05, 3.63) is 52.2 Å². The van der Waals surface area contributed by atoms with Gasteiger partial charge in [-0.1, -0.05) is 26.0 Å². The number of H-pyrrole nitrogens is 1. The lowest BCUT2D eigenvalue weighted by atomic mass is 10.2. The number of rotatable bonds is 5. The summed E-state index contributed by atoms with van der Waals surface area (Å²) in [6, 6.07) is 6.58. The molecule has 2 aromatic rings. The molecule has 1 aromatic carbocycles. The van der Waals surface area contributed by atoms with Crippen LogP contribution in [0.5, 0.6) is 0 Å². The highest BCUT2D eigenvalue weighted by Crippen LogP contribution is 2.30. The Kier molecular flexibility index (Phi) is 4.92. The lowest BCUT2D eigenvalue weighted by Crippen LogP contribution is -2.22. The number of halogens is 1. The average Bonchev–Trinajstić information content (AvgIpc) is 2.39. The fourth-order valence-corrected chi connectivity index (χ4v) is 2.52. The predicted octanol–water partition coefficient (Wildman–Crippen LogP) is 2.56. The summed E-state index contributed by atoms with van der Waals surface area (Å²) in [6.45, 7) is 4.62. The number of nitrogens with zero attached hydrogens (tertiary/aromatic N) is 1. The zero-order valence-electron chi connectivity index (χ0n) is 11.3. The topological polar surface area (TPSA) is 57.8 Å². The van der Waals surface area contributed by atoms with Gasteiger partial charge >= 0.3 is 0 Å². The number of nitrogens with one attached hydrogen (secondary N) is 2. The van der Waals surface area contributed by atoms with Gasteiger partial charge in [0.05, 0.1) is 4.90 Å². The minimum absolute atomic E-state index is 0.249. The largest absolute Gasteiger partial charge is 0.310 e. The van der Waals surface area contributed by atoms with Gasteiger partial charge in [0.1, 0.15) is 5.82 Å². The van der Waals surface area contributed by atoms with Crippen LogP contribution in [0.4, 0.5) is 4.39 Å². The van der Waals surface area contributed by atoms with Crippen LogP contribution in [0.1, 0.15) is 19.4 Å². The monoisotopic (exact) mass is 293 g/mol. The summed E-state index contributed by atoms with van der Waals surface area (Å²) in [5.41, 5.74) is 0.593. The Hall–Kier alpha value is -1.66. The minimum atomic E-state index is -0.315. The number of hydrogen-bond acceptors (Lipinski definition) is 4. The Morgan fingerprint density at radius 1 is 1.40 bits per heavy atom. The Morgan fingerprint density at radius 3 is 2.90 bits per heavy atom. The summed E-state index contributed by atoms with van der Waals surface area (Å²) in [7, 11) is 0. The van der Waals surface area contributed by atoms with E-state index in [2.05, 4.69) is 15.3 Å². The Labute approximate surface area is 120 Å². The number of aromatic amines is 1. The van der Waals surface area contributed by atoms with Crippen molar-refractivity contribution in [3.8, 4) is 0 Å². The molecule has 2 rings (SSSR count). The molecular weight excluding hydrogens is 277 g/mol. The van der Waals surface area contributed by atoms with E-state index >= 15 is 0 Å². The highest BCUT2D eigenvalue weighted by atomic mass is 32.2. The summed E-state index contributed by atoms with van der Waals surface area (Å²) in [6.07, 6.45) is 1.41. The van der Waals surface area contributed by atoms with Crippen molar-refractivity contribution < 1.29 is 4.39 Å². The predicted molar refractivity (Wildman–Crippen MR) is 77.4 cm³/mol. The van der Waals surface area contributed by atoms with E-state index in [4.69, 9.17) is 0 Å². The van der Waals surface area contributed by atoms with E-state index in [0.29, 0.717) is 22.6 Å². The van der Waals surface area contributed by atoms with Crippen LogP contribution in [0.25, 0.3) is 0 Å². The van der Waals surface area contributed by atoms with Crippen molar-refractivity contribution in [1.82, 2.24) is 15.3 Å². The van der Waals surface area contributed by atoms with Crippen molar-refractivity contribution in [2.24, 2.45) is 0 Å². The van der Waals surface area contributed by atoms with Gasteiger partial charge in [-0.15, -0.1) is 0 Å². The molecule has 106 valence electrons. The van der Waals surface area contributed by atoms with Gasteiger partial charge in [-0.25, -0.2) is 9.37 Å². The molecule has 6 heteroatoms. The molecule has 0 aliphatic rings. The van der Waals surface area contributed by atoms with Crippen LogP contribution in [0.2, 0.25) is 0 Å². The van der Waals surface area contributed by atoms with Gasteiger partial charge in [-0.3, -0.25) is 4.79 Å². The average molecular weight is 293 g/mol. The summed E-state index contributed by atoms with van der Waals surface area (Å²) in [5.74, 6) is -0.315. The lowest BCUT2D eigenvalue weighted by Gasteiger charge is -2.12. The van der Waals surface area contributed by atoms with Gasteiger partial charge in [-0.2, -0.15) is 0 Å². The zero-order valence-corrected chi connectivity index (χ0v) is 12.1. The third-order valence-electron chi connectivity index (χ3n) is 2.60. The fraction of sp³-hybridized carbons (Fsp3) is 0.286. The smallest absolute Gasteiger partial charge is 0.251 e. The van der Waals surface area contributed by atoms with Gasteiger partial charge in [0.2, 0.25) is 0 Å². The molecule has 1 aromatic heterocycles. The van der Waals surface area contributed by atoms with Gasteiger partial charge in [-0.05, 0) is 23.4 Å². The molecule has 4 nitrogen and oxygen atoms in total. The molecule has 0 aliphatic heterocycles. The molecule has 0 saturated carbocycles. The maximum Gasteiger partial charge on any atom is 0.251 e. The number of aromatic nitrogens is 2. The second-order valence-corrected chi connectivity index (χ2v) is 5.60. The van der Waals surface area contributed by atoms with E-state index in [0.717, 1.165) is 17.3 Å². The third-order valence-corrected chi connectivity index (χ3v) is 3.66. The quantitative estimate of drug-likeness (QED) is 0.832. The van der Waals surface area contributed by atoms with E-state index in [9.17, 15) is 9.18 Å². The summed E-state index contributed by atoms with van der Waals surface area (Å²) in [5, 5.41) is 3.64. The first-order valence-corrected chi connectivity index (χ1v) is 7.12. The first-order chi connectivity index (χ1) is 9.56. The molecule has 0 radical (unpaired) electrons. The van der Waals surface area contributed by atoms with Crippen molar-refractivity contribution in [2.45, 2.75) is 36.5 Å². The van der Waals surface area contributed by atoms with Crippen LogP contribution in [-0.4, -0.2) is 16.0 Å². The van der Waals surface area contributed by atoms with Crippen LogP contribution in [-0.2, 0) is 6.54 Å². The molecule has 0 spiro atoms. The maximum absolute atomic E-state index is 14.0. The molecule has 0 fully saturated rings. The summed E-state index contributed by atoms with van der Waals surface area (Å²) < 4.78 is 14.0. The molecule has 0 bridgehead atoms. The standard InChI is InChI=1S/C14H16FN3OS/c1-9(2)17-8-10-4-3-5-11(15)13(10)20-14-16-7-6-12(19)18-14/h3-7,9,17H,8H2,1-2H3,(H,16,18,19). The van der Waals surface area contributed by atoms with Gasteiger partial charge in [0, 0.05) is 24.8 Å². The fourth-order valence-electron chi connectivity index (χ4n) is 1.62. The normalized spacial score (nSPS) is 11.0. The van der Waals surface area contributed by atoms with Crippen LogP contribution < -0.4 is 10.9 Å². The number of benzene rings is 1. The molecule has 20 heavy (non-hydrogen) atoms. The van der Waals surface area contributed by atoms with Gasteiger partial charge in [0.15, 0.2) is 5.16 Å². The zero-order chi connectivity index (χ0) is 14.5. The second kappa shape index (κ2) is 6.67. The first-order valence-electron chi connectivity index (χ1n) is 6.30. The van der Waals surface area contributed by atoms with Crippen LogP contribution in [0.15, 0.2) is 45.3 Å². The molecule has 0 unspecified atom stereocenters. The van der Waals surface area contributed by atoms with Gasteiger partial charge in [0.25, 0.3) is 5.56 Å². The lowest BCUT2D eigenvalue weighted by molar-refractivity contribution is 0.564. The molecule has 0 atom stereocenters. The van der Waals surface area contributed by atoms with E-state index in [-0.39, 0.29) is 11.4 Å². The van der Waals surface area contributed by atoms with Crippen molar-refractivity contribution in [3.63, 3.8) is 0 Å². The van der Waals surface area contributed by atoms with Crippen molar-refractivity contribution >= 4 is 11.8 Å². The minimum Gasteiger partial charge on any atom is -0.310 e. The van der Waals surface area contributed by atoms with Crippen LogP contribution in [0.3, 0.4) is 0 Å².